The summed E-state index contributed by atoms with van der Waals surface area (Å²) in [6, 6.07) is 10.8. The van der Waals surface area contributed by atoms with Crippen LogP contribution in [0, 0.1) is 6.92 Å². The number of anilines is 1. The summed E-state index contributed by atoms with van der Waals surface area (Å²) in [5.74, 6) is 1.34. The number of fused-ring (bicyclic) bond motifs is 1. The number of nitrogens with one attached hydrogen (secondary N) is 1. The number of aliphatic hydroxyl groups excluding tert-OH is 1. The maximum atomic E-state index is 10.2. The molecule has 6 nitrogen and oxygen atoms in total. The molecule has 0 aliphatic carbocycles. The van der Waals surface area contributed by atoms with Crippen LogP contribution < -0.4 is 5.32 Å². The highest BCUT2D eigenvalue weighted by Gasteiger charge is 2.11. The first-order chi connectivity index (χ1) is 10.1. The number of rotatable bonds is 4. The van der Waals surface area contributed by atoms with E-state index in [1.165, 1.54) is 0 Å². The van der Waals surface area contributed by atoms with E-state index in [4.69, 9.17) is 11.6 Å². The lowest BCUT2D eigenvalue weighted by molar-refractivity contribution is 0.191. The fourth-order valence-corrected chi connectivity index (χ4v) is 2.31. The van der Waals surface area contributed by atoms with Gasteiger partial charge >= 0.3 is 0 Å². The molecule has 2 aromatic heterocycles. The largest absolute Gasteiger partial charge is 0.387 e. The molecule has 0 bridgehead atoms. The van der Waals surface area contributed by atoms with E-state index in [2.05, 4.69) is 20.6 Å². The van der Waals surface area contributed by atoms with Crippen LogP contribution in [0.1, 0.15) is 17.5 Å². The van der Waals surface area contributed by atoms with Crippen LogP contribution >= 0.6 is 11.6 Å². The van der Waals surface area contributed by atoms with Crippen molar-refractivity contribution < 1.29 is 5.11 Å². The molecule has 1 unspecified atom stereocenters. The summed E-state index contributed by atoms with van der Waals surface area (Å²) in [5, 5.41) is 26.1. The van der Waals surface area contributed by atoms with Gasteiger partial charge in [0.25, 0.3) is 0 Å². The average Bonchev–Trinajstić information content (AvgIpc) is 2.86. The third-order valence-corrected chi connectivity index (χ3v) is 3.50. The lowest BCUT2D eigenvalue weighted by Crippen LogP contribution is -2.14. The molecular formula is C14H14ClN5O. The number of hydrogen-bond acceptors (Lipinski definition) is 5. The van der Waals surface area contributed by atoms with E-state index in [-0.39, 0.29) is 0 Å². The molecule has 7 heteroatoms. The minimum Gasteiger partial charge on any atom is -0.387 e. The fraction of sp³-hybridized carbons (Fsp3) is 0.214. The highest BCUT2D eigenvalue weighted by Crippen LogP contribution is 2.22. The third kappa shape index (κ3) is 2.81. The van der Waals surface area contributed by atoms with Gasteiger partial charge in [0.15, 0.2) is 11.5 Å². The summed E-state index contributed by atoms with van der Waals surface area (Å²) in [4.78, 5) is 0. The Morgan fingerprint density at radius 1 is 1.24 bits per heavy atom. The van der Waals surface area contributed by atoms with Crippen molar-refractivity contribution in [3.8, 4) is 0 Å². The molecule has 0 radical (unpaired) electrons. The molecule has 0 aliphatic rings. The molecule has 3 rings (SSSR count). The van der Waals surface area contributed by atoms with Gasteiger partial charge in [0, 0.05) is 17.1 Å². The average molecular weight is 304 g/mol. The van der Waals surface area contributed by atoms with Crippen molar-refractivity contribution in [1.29, 1.82) is 0 Å². The van der Waals surface area contributed by atoms with Crippen LogP contribution in [0.25, 0.3) is 5.65 Å². The van der Waals surface area contributed by atoms with E-state index in [0.29, 0.717) is 34.4 Å². The number of aliphatic hydroxyl groups is 1. The molecule has 2 N–H and O–H groups in total. The molecule has 1 aromatic carbocycles. The topological polar surface area (TPSA) is 75.3 Å². The number of hydrogen-bond donors (Lipinski definition) is 2. The van der Waals surface area contributed by atoms with Crippen molar-refractivity contribution >= 4 is 23.1 Å². The Morgan fingerprint density at radius 3 is 2.86 bits per heavy atom. The maximum absolute atomic E-state index is 10.2. The monoisotopic (exact) mass is 303 g/mol. The molecule has 0 spiro atoms. The summed E-state index contributed by atoms with van der Waals surface area (Å²) in [5.41, 5.74) is 1.37. The number of benzene rings is 1. The Morgan fingerprint density at radius 2 is 2.05 bits per heavy atom. The van der Waals surface area contributed by atoms with E-state index in [9.17, 15) is 5.11 Å². The van der Waals surface area contributed by atoms with Crippen molar-refractivity contribution in [1.82, 2.24) is 19.8 Å². The predicted octanol–water partition coefficient (Wildman–Crippen LogP) is 2.23. The maximum Gasteiger partial charge on any atom is 0.178 e. The summed E-state index contributed by atoms with van der Waals surface area (Å²) in [7, 11) is 0. The van der Waals surface area contributed by atoms with Crippen LogP contribution in [-0.4, -0.2) is 31.5 Å². The molecule has 0 saturated heterocycles. The highest BCUT2D eigenvalue weighted by molar-refractivity contribution is 6.31. The summed E-state index contributed by atoms with van der Waals surface area (Å²) in [6.07, 6.45) is -0.710. The zero-order valence-electron chi connectivity index (χ0n) is 11.4. The van der Waals surface area contributed by atoms with Gasteiger partial charge in [0.05, 0.1) is 6.10 Å². The van der Waals surface area contributed by atoms with Crippen molar-refractivity contribution in [2.24, 2.45) is 0 Å². The highest BCUT2D eigenvalue weighted by atomic mass is 35.5. The van der Waals surface area contributed by atoms with Crippen molar-refractivity contribution in [2.75, 3.05) is 11.9 Å². The Balaban J connectivity index is 1.74. The minimum absolute atomic E-state index is 0.309. The molecular weight excluding hydrogens is 290 g/mol. The van der Waals surface area contributed by atoms with Gasteiger partial charge in [-0.1, -0.05) is 29.8 Å². The molecule has 0 aliphatic heterocycles. The van der Waals surface area contributed by atoms with Crippen molar-refractivity contribution in [2.45, 2.75) is 13.0 Å². The summed E-state index contributed by atoms with van der Waals surface area (Å²) < 4.78 is 1.64. The lowest BCUT2D eigenvalue weighted by Gasteiger charge is -2.14. The zero-order chi connectivity index (χ0) is 14.8. The van der Waals surface area contributed by atoms with Crippen molar-refractivity contribution in [3.63, 3.8) is 0 Å². The SMILES string of the molecule is Cc1nnc2ccc(NCC(O)c3ccccc3Cl)nn12. The van der Waals surface area contributed by atoms with Gasteiger partial charge in [-0.25, -0.2) is 0 Å². The Kier molecular flexibility index (Phi) is 3.72. The van der Waals surface area contributed by atoms with Gasteiger partial charge in [-0.05, 0) is 25.1 Å². The minimum atomic E-state index is -0.710. The molecule has 0 amide bonds. The molecule has 0 fully saturated rings. The van der Waals surface area contributed by atoms with Gasteiger partial charge < -0.3 is 10.4 Å². The standard InChI is InChI=1S/C14H14ClN5O/c1-9-17-18-14-7-6-13(19-20(9)14)16-8-12(21)10-4-2-3-5-11(10)15/h2-7,12,21H,8H2,1H3,(H,16,19). The van der Waals surface area contributed by atoms with Crippen LogP contribution in [0.15, 0.2) is 36.4 Å². The number of halogens is 1. The van der Waals surface area contributed by atoms with E-state index in [1.54, 1.807) is 22.7 Å². The smallest absolute Gasteiger partial charge is 0.178 e. The van der Waals surface area contributed by atoms with Crippen LogP contribution in [0.3, 0.4) is 0 Å². The van der Waals surface area contributed by atoms with Crippen LogP contribution in [-0.2, 0) is 0 Å². The Hall–Kier alpha value is -2.18. The van der Waals surface area contributed by atoms with Crippen LogP contribution in [0.5, 0.6) is 0 Å². The quantitative estimate of drug-likeness (QED) is 0.773. The summed E-state index contributed by atoms with van der Waals surface area (Å²) >= 11 is 6.06. The van der Waals surface area contributed by atoms with Gasteiger partial charge in [0.2, 0.25) is 0 Å². The van der Waals surface area contributed by atoms with E-state index < -0.39 is 6.10 Å². The number of aromatic nitrogens is 4. The molecule has 21 heavy (non-hydrogen) atoms. The first-order valence-electron chi connectivity index (χ1n) is 6.50. The first-order valence-corrected chi connectivity index (χ1v) is 6.88. The summed E-state index contributed by atoms with van der Waals surface area (Å²) in [6.45, 7) is 2.14. The van der Waals surface area contributed by atoms with Gasteiger partial charge in [-0.3, -0.25) is 0 Å². The molecule has 3 aromatic rings. The lowest BCUT2D eigenvalue weighted by atomic mass is 10.1. The molecule has 108 valence electrons. The second-order valence-electron chi connectivity index (χ2n) is 4.65. The predicted molar refractivity (Wildman–Crippen MR) is 80.4 cm³/mol. The third-order valence-electron chi connectivity index (χ3n) is 3.16. The Bertz CT molecular complexity index is 773. The second kappa shape index (κ2) is 5.67. The molecule has 1 atom stereocenters. The van der Waals surface area contributed by atoms with Crippen LogP contribution in [0.4, 0.5) is 5.82 Å². The first kappa shape index (κ1) is 13.8. The fourth-order valence-electron chi connectivity index (χ4n) is 2.05. The molecule has 0 saturated carbocycles. The number of aryl methyl sites for hydroxylation is 1. The van der Waals surface area contributed by atoms with Crippen molar-refractivity contribution in [3.05, 3.63) is 52.8 Å². The number of nitrogens with zero attached hydrogens (tertiary/aromatic N) is 4. The van der Waals surface area contributed by atoms with E-state index in [0.717, 1.165) is 0 Å². The zero-order valence-corrected chi connectivity index (χ0v) is 12.1. The van der Waals surface area contributed by atoms with Gasteiger partial charge in [0.1, 0.15) is 5.82 Å². The normalized spacial score (nSPS) is 12.5. The van der Waals surface area contributed by atoms with Crippen LogP contribution in [0.2, 0.25) is 5.02 Å². The van der Waals surface area contributed by atoms with Gasteiger partial charge in [-0.2, -0.15) is 4.52 Å². The van der Waals surface area contributed by atoms with E-state index >= 15 is 0 Å². The second-order valence-corrected chi connectivity index (χ2v) is 5.06. The van der Waals surface area contributed by atoms with Gasteiger partial charge in [-0.15, -0.1) is 15.3 Å². The Labute approximate surface area is 126 Å². The molecule has 2 heterocycles. The van der Waals surface area contributed by atoms with E-state index in [1.807, 2.05) is 25.1 Å².